The summed E-state index contributed by atoms with van der Waals surface area (Å²) in [5, 5.41) is 3.24. The van der Waals surface area contributed by atoms with E-state index in [1.807, 2.05) is 0 Å². The van der Waals surface area contributed by atoms with Gasteiger partial charge in [0.15, 0.2) is 0 Å². The maximum absolute atomic E-state index is 11.7. The molecule has 110 valence electrons. The number of amides is 1. The zero-order valence-electron chi connectivity index (χ0n) is 12.8. The summed E-state index contributed by atoms with van der Waals surface area (Å²) in [5.41, 5.74) is 0.840. The first-order chi connectivity index (χ1) is 9.53. The molecular weight excluding hydrogens is 246 g/mol. The number of rotatable bonds is 0. The molecule has 4 rings (SSSR count). The van der Waals surface area contributed by atoms with Crippen LogP contribution in [0, 0.1) is 28.6 Å². The van der Waals surface area contributed by atoms with Gasteiger partial charge in [0.05, 0.1) is 0 Å². The lowest BCUT2D eigenvalue weighted by Crippen LogP contribution is -2.58. The van der Waals surface area contributed by atoms with Crippen molar-refractivity contribution in [3.8, 4) is 0 Å². The molecule has 3 fully saturated rings. The van der Waals surface area contributed by atoms with Crippen LogP contribution in [0.25, 0.3) is 0 Å². The quantitative estimate of drug-likeness (QED) is 0.717. The summed E-state index contributed by atoms with van der Waals surface area (Å²) in [6, 6.07) is 0.381. The summed E-state index contributed by atoms with van der Waals surface area (Å²) in [7, 11) is 0. The molecule has 1 heterocycles. The first kappa shape index (κ1) is 12.9. The zero-order chi connectivity index (χ0) is 14.0. The predicted octanol–water partition coefficient (Wildman–Crippen LogP) is 3.67. The maximum Gasteiger partial charge on any atom is 0.243 e. The molecule has 3 saturated carbocycles. The van der Waals surface area contributed by atoms with Crippen LogP contribution in [0.5, 0.6) is 0 Å². The topological polar surface area (TPSA) is 29.1 Å². The van der Waals surface area contributed by atoms with Crippen molar-refractivity contribution in [2.24, 2.45) is 28.6 Å². The number of nitrogens with one attached hydrogen (secondary N) is 1. The molecule has 20 heavy (non-hydrogen) atoms. The number of hydrogen-bond acceptors (Lipinski definition) is 1. The van der Waals surface area contributed by atoms with Gasteiger partial charge in [-0.3, -0.25) is 4.79 Å². The van der Waals surface area contributed by atoms with Gasteiger partial charge in [0.25, 0.3) is 0 Å². The molecule has 0 radical (unpaired) electrons. The molecular formula is C18H27NO. The van der Waals surface area contributed by atoms with Crippen molar-refractivity contribution in [2.45, 2.75) is 64.8 Å². The number of carbonyl (C=O) groups excluding carboxylic acids is 1. The Labute approximate surface area is 122 Å². The molecule has 0 spiro atoms. The molecule has 0 aromatic rings. The minimum Gasteiger partial charge on any atom is -0.349 e. The third-order valence-corrected chi connectivity index (χ3v) is 7.47. The molecule has 2 heteroatoms. The standard InChI is InChI=1S/C18H27NO/c1-17-9-3-4-13(17)12-5-6-15-18(2,14(12)7-10-17)11-8-16(20)19-15/h8,11-15H,3-7,9-10H2,1-2H3,(H,19,20)/t12-,13-,14-,15?,17-,18+/m0/s1. The molecule has 0 bridgehead atoms. The fourth-order valence-corrected chi connectivity index (χ4v) is 6.33. The van der Waals surface area contributed by atoms with E-state index in [1.165, 1.54) is 44.9 Å². The fraction of sp³-hybridized carbons (Fsp3) is 0.833. The minimum atomic E-state index is 0.118. The first-order valence-electron chi connectivity index (χ1n) is 8.53. The number of carbonyl (C=O) groups is 1. The normalized spacial score (nSPS) is 53.8. The van der Waals surface area contributed by atoms with Crippen molar-refractivity contribution in [3.05, 3.63) is 12.2 Å². The Morgan fingerprint density at radius 1 is 1.10 bits per heavy atom. The van der Waals surface area contributed by atoms with Crippen molar-refractivity contribution in [3.63, 3.8) is 0 Å². The van der Waals surface area contributed by atoms with Crippen LogP contribution in [0.2, 0.25) is 0 Å². The van der Waals surface area contributed by atoms with E-state index in [9.17, 15) is 4.79 Å². The van der Waals surface area contributed by atoms with E-state index in [2.05, 4.69) is 25.2 Å². The summed E-state index contributed by atoms with van der Waals surface area (Å²) in [6.45, 7) is 4.95. The monoisotopic (exact) mass is 273 g/mol. The maximum atomic E-state index is 11.7. The molecule has 2 nitrogen and oxygen atoms in total. The van der Waals surface area contributed by atoms with Gasteiger partial charge in [-0.05, 0) is 67.8 Å². The SMILES string of the molecule is C[C@@]12CCC[C@H]1[C@@H]1CCC3NC(=O)C=C[C@]3(C)[C@H]1CC2. The Kier molecular flexibility index (Phi) is 2.66. The average molecular weight is 273 g/mol. The lowest BCUT2D eigenvalue weighted by molar-refractivity contribution is -0.122. The van der Waals surface area contributed by atoms with Crippen LogP contribution in [0.3, 0.4) is 0 Å². The summed E-state index contributed by atoms with van der Waals surface area (Å²) in [4.78, 5) is 11.7. The van der Waals surface area contributed by atoms with E-state index in [-0.39, 0.29) is 11.3 Å². The molecule has 6 atom stereocenters. The lowest BCUT2D eigenvalue weighted by Gasteiger charge is -2.58. The Morgan fingerprint density at radius 2 is 1.95 bits per heavy atom. The summed E-state index contributed by atoms with van der Waals surface area (Å²) in [6.07, 6.45) is 13.7. The van der Waals surface area contributed by atoms with E-state index in [1.54, 1.807) is 6.08 Å². The fourth-order valence-electron chi connectivity index (χ4n) is 6.33. The summed E-state index contributed by atoms with van der Waals surface area (Å²) < 4.78 is 0. The highest BCUT2D eigenvalue weighted by molar-refractivity contribution is 5.89. The van der Waals surface area contributed by atoms with Crippen LogP contribution >= 0.6 is 0 Å². The van der Waals surface area contributed by atoms with Gasteiger partial charge in [-0.15, -0.1) is 0 Å². The van der Waals surface area contributed by atoms with Gasteiger partial charge in [-0.25, -0.2) is 0 Å². The van der Waals surface area contributed by atoms with Crippen molar-refractivity contribution in [1.82, 2.24) is 5.32 Å². The largest absolute Gasteiger partial charge is 0.349 e. The highest BCUT2D eigenvalue weighted by atomic mass is 16.1. The van der Waals surface area contributed by atoms with E-state index in [4.69, 9.17) is 0 Å². The van der Waals surface area contributed by atoms with Crippen LogP contribution in [-0.4, -0.2) is 11.9 Å². The first-order valence-corrected chi connectivity index (χ1v) is 8.53. The molecule has 0 saturated heterocycles. The highest BCUT2D eigenvalue weighted by Gasteiger charge is 2.57. The molecule has 0 aromatic heterocycles. The second kappa shape index (κ2) is 4.11. The Bertz CT molecular complexity index is 470. The molecule has 1 N–H and O–H groups in total. The van der Waals surface area contributed by atoms with Crippen molar-refractivity contribution in [1.29, 1.82) is 0 Å². The van der Waals surface area contributed by atoms with Crippen LogP contribution in [0.15, 0.2) is 12.2 Å². The molecule has 1 aliphatic heterocycles. The third kappa shape index (κ3) is 1.60. The molecule has 3 aliphatic carbocycles. The van der Waals surface area contributed by atoms with Crippen molar-refractivity contribution >= 4 is 5.91 Å². The summed E-state index contributed by atoms with van der Waals surface area (Å²) in [5.74, 6) is 2.75. The summed E-state index contributed by atoms with van der Waals surface area (Å²) >= 11 is 0. The predicted molar refractivity (Wildman–Crippen MR) is 80.1 cm³/mol. The molecule has 0 aromatic carbocycles. The van der Waals surface area contributed by atoms with Crippen LogP contribution in [-0.2, 0) is 4.79 Å². The van der Waals surface area contributed by atoms with Gasteiger partial charge in [0.1, 0.15) is 0 Å². The van der Waals surface area contributed by atoms with Gasteiger partial charge in [-0.1, -0.05) is 26.3 Å². The van der Waals surface area contributed by atoms with E-state index < -0.39 is 0 Å². The van der Waals surface area contributed by atoms with Gasteiger partial charge >= 0.3 is 0 Å². The highest BCUT2D eigenvalue weighted by Crippen LogP contribution is 2.63. The van der Waals surface area contributed by atoms with E-state index in [0.29, 0.717) is 11.5 Å². The van der Waals surface area contributed by atoms with E-state index >= 15 is 0 Å². The second-order valence-corrected chi connectivity index (χ2v) is 8.30. The van der Waals surface area contributed by atoms with Gasteiger partial charge < -0.3 is 5.32 Å². The molecule has 1 amide bonds. The van der Waals surface area contributed by atoms with Crippen molar-refractivity contribution < 1.29 is 4.79 Å². The third-order valence-electron chi connectivity index (χ3n) is 7.47. The van der Waals surface area contributed by atoms with E-state index in [0.717, 1.165) is 17.8 Å². The lowest BCUT2D eigenvalue weighted by atomic mass is 9.49. The number of hydrogen-bond donors (Lipinski definition) is 1. The van der Waals surface area contributed by atoms with Gasteiger partial charge in [0, 0.05) is 11.5 Å². The molecule has 1 unspecified atom stereocenters. The average Bonchev–Trinajstić information content (AvgIpc) is 2.81. The second-order valence-electron chi connectivity index (χ2n) is 8.30. The van der Waals surface area contributed by atoms with Crippen LogP contribution in [0.4, 0.5) is 0 Å². The molecule has 4 aliphatic rings. The Hall–Kier alpha value is -0.790. The minimum absolute atomic E-state index is 0.118. The smallest absolute Gasteiger partial charge is 0.243 e. The number of fused-ring (bicyclic) bond motifs is 5. The van der Waals surface area contributed by atoms with Crippen molar-refractivity contribution in [2.75, 3.05) is 0 Å². The van der Waals surface area contributed by atoms with Crippen LogP contribution in [0.1, 0.15) is 58.8 Å². The van der Waals surface area contributed by atoms with Gasteiger partial charge in [-0.2, -0.15) is 0 Å². The Balaban J connectivity index is 1.68. The van der Waals surface area contributed by atoms with Gasteiger partial charge in [0.2, 0.25) is 5.91 Å². The van der Waals surface area contributed by atoms with Crippen LogP contribution < -0.4 is 5.32 Å². The zero-order valence-corrected chi connectivity index (χ0v) is 12.8. The Morgan fingerprint density at radius 3 is 2.80 bits per heavy atom.